The number of fused-ring (bicyclic) bond motifs is 3. The van der Waals surface area contributed by atoms with Crippen molar-refractivity contribution >= 4 is 22.1 Å². The molecule has 22 heavy (non-hydrogen) atoms. The smallest absolute Gasteiger partial charge is 0.171 e. The molecule has 0 saturated carbocycles. The van der Waals surface area contributed by atoms with Crippen LogP contribution in [0.4, 0.5) is 0 Å². The van der Waals surface area contributed by atoms with Crippen molar-refractivity contribution in [2.45, 2.75) is 46.0 Å². The van der Waals surface area contributed by atoms with E-state index in [1.54, 1.807) is 0 Å². The Morgan fingerprint density at radius 2 is 1.86 bits per heavy atom. The van der Waals surface area contributed by atoms with Crippen molar-refractivity contribution in [2.75, 3.05) is 0 Å². The second kappa shape index (κ2) is 6.48. The Labute approximate surface area is 133 Å². The van der Waals surface area contributed by atoms with Crippen molar-refractivity contribution in [3.05, 3.63) is 53.6 Å². The van der Waals surface area contributed by atoms with E-state index in [4.69, 9.17) is 0 Å². The van der Waals surface area contributed by atoms with Gasteiger partial charge in [0, 0.05) is 11.5 Å². The van der Waals surface area contributed by atoms with Crippen molar-refractivity contribution < 1.29 is 4.79 Å². The molecule has 0 saturated heterocycles. The molecular formula is C21H24O. The highest BCUT2D eigenvalue weighted by Crippen LogP contribution is 2.43. The first kappa shape index (κ1) is 15.0. The molecule has 1 nitrogen and oxygen atoms in total. The lowest BCUT2D eigenvalue weighted by Crippen LogP contribution is -2.08. The van der Waals surface area contributed by atoms with Crippen LogP contribution in [0.15, 0.2) is 42.5 Å². The fourth-order valence-electron chi connectivity index (χ4n) is 3.53. The van der Waals surface area contributed by atoms with Crippen molar-refractivity contribution in [3.63, 3.8) is 0 Å². The van der Waals surface area contributed by atoms with E-state index in [1.807, 2.05) is 12.1 Å². The normalized spacial score (nSPS) is 19.1. The SMILES string of the molecule is CCC/C=C1/c2ccc3ccccc3c2C(=O)C1CCCC. The molecule has 0 amide bonds. The lowest BCUT2D eigenvalue weighted by atomic mass is 9.92. The average Bonchev–Trinajstić information content (AvgIpc) is 2.83. The second-order valence-electron chi connectivity index (χ2n) is 6.22. The van der Waals surface area contributed by atoms with Gasteiger partial charge in [-0.05, 0) is 34.8 Å². The van der Waals surface area contributed by atoms with Gasteiger partial charge in [-0.15, -0.1) is 0 Å². The Hall–Kier alpha value is -1.89. The number of ketones is 1. The lowest BCUT2D eigenvalue weighted by Gasteiger charge is -2.10. The van der Waals surface area contributed by atoms with E-state index in [1.165, 1.54) is 16.5 Å². The highest BCUT2D eigenvalue weighted by molar-refractivity contribution is 6.20. The first-order valence-corrected chi connectivity index (χ1v) is 8.54. The molecule has 0 bridgehead atoms. The van der Waals surface area contributed by atoms with Gasteiger partial charge in [-0.1, -0.05) is 75.6 Å². The lowest BCUT2D eigenvalue weighted by molar-refractivity contribution is 0.0954. The molecule has 0 spiro atoms. The predicted molar refractivity (Wildman–Crippen MR) is 94.2 cm³/mol. The minimum atomic E-state index is 0.0762. The molecule has 1 atom stereocenters. The van der Waals surface area contributed by atoms with Gasteiger partial charge in [0.2, 0.25) is 0 Å². The molecule has 0 aromatic heterocycles. The number of benzene rings is 2. The molecule has 3 rings (SSSR count). The van der Waals surface area contributed by atoms with Gasteiger partial charge in [0.05, 0.1) is 0 Å². The number of carbonyl (C=O) groups is 1. The van der Waals surface area contributed by atoms with E-state index in [0.29, 0.717) is 5.78 Å². The molecule has 1 aliphatic carbocycles. The summed E-state index contributed by atoms with van der Waals surface area (Å²) in [6.45, 7) is 4.38. The van der Waals surface area contributed by atoms with Gasteiger partial charge in [0.1, 0.15) is 0 Å². The third-order valence-corrected chi connectivity index (χ3v) is 4.68. The van der Waals surface area contributed by atoms with Gasteiger partial charge in [0.25, 0.3) is 0 Å². The van der Waals surface area contributed by atoms with Crippen molar-refractivity contribution in [1.29, 1.82) is 0 Å². The number of hydrogen-bond acceptors (Lipinski definition) is 1. The van der Waals surface area contributed by atoms with Crippen LogP contribution in [-0.4, -0.2) is 5.78 Å². The van der Waals surface area contributed by atoms with E-state index in [-0.39, 0.29) is 5.92 Å². The third-order valence-electron chi connectivity index (χ3n) is 4.68. The van der Waals surface area contributed by atoms with E-state index in [9.17, 15) is 4.79 Å². The van der Waals surface area contributed by atoms with Crippen LogP contribution < -0.4 is 0 Å². The molecular weight excluding hydrogens is 268 g/mol. The summed E-state index contributed by atoms with van der Waals surface area (Å²) >= 11 is 0. The van der Waals surface area contributed by atoms with E-state index in [2.05, 4.69) is 44.2 Å². The monoisotopic (exact) mass is 292 g/mol. The summed E-state index contributed by atoms with van der Waals surface area (Å²) in [5.74, 6) is 0.412. The van der Waals surface area contributed by atoms with Gasteiger partial charge in [-0.25, -0.2) is 0 Å². The summed E-state index contributed by atoms with van der Waals surface area (Å²) in [5.41, 5.74) is 3.42. The number of rotatable bonds is 5. The fourth-order valence-corrected chi connectivity index (χ4v) is 3.53. The first-order chi connectivity index (χ1) is 10.8. The summed E-state index contributed by atoms with van der Waals surface area (Å²) in [7, 11) is 0. The maximum Gasteiger partial charge on any atom is 0.171 e. The summed E-state index contributed by atoms with van der Waals surface area (Å²) in [4.78, 5) is 13.0. The van der Waals surface area contributed by atoms with Gasteiger partial charge in [0.15, 0.2) is 5.78 Å². The first-order valence-electron chi connectivity index (χ1n) is 8.54. The number of Topliss-reactive ketones (excluding diaryl/α,β-unsaturated/α-hetero) is 1. The average molecular weight is 292 g/mol. The highest BCUT2D eigenvalue weighted by atomic mass is 16.1. The quantitative estimate of drug-likeness (QED) is 0.658. The Morgan fingerprint density at radius 3 is 2.64 bits per heavy atom. The second-order valence-corrected chi connectivity index (χ2v) is 6.22. The maximum absolute atomic E-state index is 13.0. The van der Waals surface area contributed by atoms with Crippen molar-refractivity contribution in [2.24, 2.45) is 5.92 Å². The van der Waals surface area contributed by atoms with Crippen LogP contribution in [0.3, 0.4) is 0 Å². The molecule has 2 aromatic carbocycles. The van der Waals surface area contributed by atoms with E-state index >= 15 is 0 Å². The molecule has 2 aromatic rings. The molecule has 0 fully saturated rings. The van der Waals surface area contributed by atoms with Crippen LogP contribution in [0.5, 0.6) is 0 Å². The summed E-state index contributed by atoms with van der Waals surface area (Å²) in [6, 6.07) is 12.6. The van der Waals surface area contributed by atoms with Crippen LogP contribution in [0.25, 0.3) is 16.3 Å². The minimum Gasteiger partial charge on any atom is -0.293 e. The number of carbonyl (C=O) groups excluding carboxylic acids is 1. The maximum atomic E-state index is 13.0. The standard InChI is InChI=1S/C21H24O/c1-3-5-10-17-18-14-13-15-9-7-8-12-16(15)20(18)21(22)19(17)11-6-4-2/h7-10,12-14,19H,3-6,11H2,1-2H3/b17-10-. The van der Waals surface area contributed by atoms with Crippen molar-refractivity contribution in [1.82, 2.24) is 0 Å². The third kappa shape index (κ3) is 2.49. The predicted octanol–water partition coefficient (Wildman–Crippen LogP) is 6.03. The number of unbranched alkanes of at least 4 members (excludes halogenated alkanes) is 2. The topological polar surface area (TPSA) is 17.1 Å². The molecule has 1 aliphatic rings. The fraction of sp³-hybridized carbons (Fsp3) is 0.381. The molecule has 0 N–H and O–H groups in total. The zero-order valence-corrected chi connectivity index (χ0v) is 13.6. The van der Waals surface area contributed by atoms with Crippen LogP contribution in [0.2, 0.25) is 0 Å². The molecule has 0 radical (unpaired) electrons. The summed E-state index contributed by atoms with van der Waals surface area (Å²) in [6.07, 6.45) is 7.72. The van der Waals surface area contributed by atoms with Gasteiger partial charge in [-0.3, -0.25) is 4.79 Å². The highest BCUT2D eigenvalue weighted by Gasteiger charge is 2.35. The van der Waals surface area contributed by atoms with Crippen LogP contribution in [0.1, 0.15) is 61.9 Å². The molecule has 0 heterocycles. The zero-order chi connectivity index (χ0) is 15.5. The Kier molecular flexibility index (Phi) is 4.42. The Balaban J connectivity index is 2.14. The van der Waals surface area contributed by atoms with Gasteiger partial charge >= 0.3 is 0 Å². The van der Waals surface area contributed by atoms with Crippen LogP contribution in [0, 0.1) is 5.92 Å². The molecule has 0 aliphatic heterocycles. The van der Waals surface area contributed by atoms with Crippen LogP contribution in [-0.2, 0) is 0 Å². The van der Waals surface area contributed by atoms with Crippen LogP contribution >= 0.6 is 0 Å². The van der Waals surface area contributed by atoms with Crippen molar-refractivity contribution in [3.8, 4) is 0 Å². The Bertz CT molecular complexity index is 724. The number of allylic oxidation sites excluding steroid dienone is 2. The Morgan fingerprint density at radius 1 is 1.05 bits per heavy atom. The van der Waals surface area contributed by atoms with Gasteiger partial charge in [-0.2, -0.15) is 0 Å². The summed E-state index contributed by atoms with van der Waals surface area (Å²) < 4.78 is 0. The van der Waals surface area contributed by atoms with E-state index < -0.39 is 0 Å². The summed E-state index contributed by atoms with van der Waals surface area (Å²) in [5, 5.41) is 2.28. The zero-order valence-electron chi connectivity index (χ0n) is 13.6. The minimum absolute atomic E-state index is 0.0762. The molecule has 114 valence electrons. The number of hydrogen-bond donors (Lipinski definition) is 0. The molecule has 1 unspecified atom stereocenters. The van der Waals surface area contributed by atoms with E-state index in [0.717, 1.165) is 43.1 Å². The molecule has 1 heteroatoms. The van der Waals surface area contributed by atoms with Gasteiger partial charge < -0.3 is 0 Å². The largest absolute Gasteiger partial charge is 0.293 e.